The lowest BCUT2D eigenvalue weighted by molar-refractivity contribution is -0.148. The van der Waals surface area contributed by atoms with Crippen LogP contribution in [0.1, 0.15) is 112 Å². The maximum absolute atomic E-state index is 12.4. The minimum Gasteiger partial charge on any atom is -0.461 e. The van der Waals surface area contributed by atoms with Crippen LogP contribution in [0, 0.1) is 52.3 Å². The van der Waals surface area contributed by atoms with Crippen molar-refractivity contribution in [1.29, 1.82) is 0 Å². The highest BCUT2D eigenvalue weighted by molar-refractivity contribution is 5.72. The number of esters is 1. The lowest BCUT2D eigenvalue weighted by Crippen LogP contribution is -2.51. The van der Waals surface area contributed by atoms with Crippen LogP contribution in [-0.4, -0.2) is 31.4 Å². The number of hydrogen-bond acceptors (Lipinski definition) is 5. The summed E-state index contributed by atoms with van der Waals surface area (Å²) in [5, 5.41) is 0. The lowest BCUT2D eigenvalue weighted by Gasteiger charge is -2.58. The molecule has 4 aliphatic carbocycles. The Bertz CT molecular complexity index is 938. The molecule has 5 unspecified atom stereocenters. The van der Waals surface area contributed by atoms with Crippen molar-refractivity contribution in [3.05, 3.63) is 24.3 Å². The van der Waals surface area contributed by atoms with Gasteiger partial charge in [-0.25, -0.2) is 4.79 Å². The van der Waals surface area contributed by atoms with Crippen LogP contribution in [0.4, 0.5) is 4.79 Å². The Balaban J connectivity index is 1.33. The van der Waals surface area contributed by atoms with Crippen molar-refractivity contribution in [2.45, 2.75) is 118 Å². The minimum atomic E-state index is -0.681. The van der Waals surface area contributed by atoms with Gasteiger partial charge in [0, 0.05) is 6.42 Å². The van der Waals surface area contributed by atoms with Crippen molar-refractivity contribution < 1.29 is 23.8 Å². The summed E-state index contributed by atoms with van der Waals surface area (Å²) in [6.07, 6.45) is 16.8. The molecule has 0 amide bonds. The van der Waals surface area contributed by atoms with Crippen molar-refractivity contribution in [3.8, 4) is 0 Å². The molecule has 3 fully saturated rings. The molecule has 0 aliphatic heterocycles. The first-order chi connectivity index (χ1) is 19.0. The van der Waals surface area contributed by atoms with E-state index in [9.17, 15) is 9.59 Å². The van der Waals surface area contributed by atoms with E-state index in [1.807, 2.05) is 0 Å². The minimum absolute atomic E-state index is 0.0385. The number of fused-ring (bicyclic) bond motifs is 5. The molecule has 0 heterocycles. The molecule has 0 aromatic heterocycles. The predicted molar refractivity (Wildman–Crippen MR) is 160 cm³/mol. The molecular weight excluding hydrogens is 500 g/mol. The van der Waals surface area contributed by atoms with Crippen LogP contribution in [0.5, 0.6) is 0 Å². The molecule has 0 aromatic rings. The van der Waals surface area contributed by atoms with E-state index in [1.54, 1.807) is 6.92 Å². The first-order valence-electron chi connectivity index (χ1n) is 16.3. The number of ether oxygens (including phenoxy) is 3. The summed E-state index contributed by atoms with van der Waals surface area (Å²) in [5.41, 5.74) is 2.22. The first kappa shape index (κ1) is 31.2. The van der Waals surface area contributed by atoms with Crippen LogP contribution in [-0.2, 0) is 19.0 Å². The number of hydrogen-bond donors (Lipinski definition) is 0. The van der Waals surface area contributed by atoms with Gasteiger partial charge < -0.3 is 14.2 Å². The Labute approximate surface area is 243 Å². The Morgan fingerprint density at radius 1 is 1.02 bits per heavy atom. The number of carbonyl (C=O) groups is 2. The van der Waals surface area contributed by atoms with Gasteiger partial charge in [0.2, 0.25) is 0 Å². The number of allylic oxidation sites excluding steroid dienone is 1. The third-order valence-corrected chi connectivity index (χ3v) is 11.7. The number of carbonyl (C=O) groups excluding carboxylic acids is 2. The molecule has 9 atom stereocenters. The fraction of sp³-hybridized carbons (Fsp3) is 0.829. The topological polar surface area (TPSA) is 61.8 Å². The van der Waals surface area contributed by atoms with Gasteiger partial charge in [0.05, 0.1) is 5.92 Å². The Morgan fingerprint density at radius 3 is 2.52 bits per heavy atom. The highest BCUT2D eigenvalue weighted by atomic mass is 16.7. The average molecular weight is 557 g/mol. The van der Waals surface area contributed by atoms with Gasteiger partial charge in [-0.3, -0.25) is 4.79 Å². The van der Waals surface area contributed by atoms with Crippen LogP contribution in [0.25, 0.3) is 0 Å². The molecule has 40 heavy (non-hydrogen) atoms. The Kier molecular flexibility index (Phi) is 10.1. The second kappa shape index (κ2) is 13.0. The van der Waals surface area contributed by atoms with Crippen molar-refractivity contribution in [3.63, 3.8) is 0 Å². The van der Waals surface area contributed by atoms with Gasteiger partial charge in [-0.05, 0) is 98.2 Å². The van der Waals surface area contributed by atoms with E-state index < -0.39 is 18.0 Å². The lowest BCUT2D eigenvalue weighted by atomic mass is 9.47. The van der Waals surface area contributed by atoms with E-state index in [0.717, 1.165) is 54.8 Å². The van der Waals surface area contributed by atoms with Crippen molar-refractivity contribution in [1.82, 2.24) is 0 Å². The van der Waals surface area contributed by atoms with Gasteiger partial charge in [0.15, 0.2) is 0 Å². The summed E-state index contributed by atoms with van der Waals surface area (Å²) < 4.78 is 16.0. The second-order valence-corrected chi connectivity index (χ2v) is 14.7. The predicted octanol–water partition coefficient (Wildman–Crippen LogP) is 8.91. The molecule has 3 saturated carbocycles. The smallest absolute Gasteiger partial charge is 0.461 e. The van der Waals surface area contributed by atoms with Crippen LogP contribution < -0.4 is 0 Å². The third kappa shape index (κ3) is 6.49. The first-order valence-corrected chi connectivity index (χ1v) is 16.3. The molecule has 4 aliphatic rings. The third-order valence-electron chi connectivity index (χ3n) is 11.7. The highest BCUT2D eigenvalue weighted by Gasteiger charge is 2.59. The maximum atomic E-state index is 12.4. The highest BCUT2D eigenvalue weighted by Crippen LogP contribution is 2.67. The summed E-state index contributed by atoms with van der Waals surface area (Å²) in [5.74, 6) is 3.99. The van der Waals surface area contributed by atoms with Gasteiger partial charge in [0.1, 0.15) is 19.3 Å². The Hall–Kier alpha value is -1.78. The van der Waals surface area contributed by atoms with E-state index >= 15 is 0 Å². The summed E-state index contributed by atoms with van der Waals surface area (Å²) in [6.45, 7) is 17.7. The zero-order valence-electron chi connectivity index (χ0n) is 26.2. The average Bonchev–Trinajstić information content (AvgIpc) is 3.27. The molecule has 0 saturated heterocycles. The zero-order valence-corrected chi connectivity index (χ0v) is 26.2. The summed E-state index contributed by atoms with van der Waals surface area (Å²) in [7, 11) is 0. The molecule has 226 valence electrons. The van der Waals surface area contributed by atoms with Gasteiger partial charge in [-0.2, -0.15) is 0 Å². The summed E-state index contributed by atoms with van der Waals surface area (Å²) in [4.78, 5) is 24.3. The van der Waals surface area contributed by atoms with Gasteiger partial charge in [-0.1, -0.05) is 78.2 Å². The van der Waals surface area contributed by atoms with E-state index in [0.29, 0.717) is 5.41 Å². The molecular formula is C35H56O5. The molecule has 0 aromatic carbocycles. The van der Waals surface area contributed by atoms with E-state index in [-0.39, 0.29) is 24.7 Å². The van der Waals surface area contributed by atoms with E-state index in [4.69, 9.17) is 14.2 Å². The van der Waals surface area contributed by atoms with Crippen molar-refractivity contribution in [2.24, 2.45) is 52.3 Å². The van der Waals surface area contributed by atoms with E-state index in [2.05, 4.69) is 47.3 Å². The number of rotatable bonds is 11. The fourth-order valence-corrected chi connectivity index (χ4v) is 9.47. The normalized spacial score (nSPS) is 36.4. The fourth-order valence-electron chi connectivity index (χ4n) is 9.47. The molecule has 5 heteroatoms. The molecule has 4 rings (SSSR count). The summed E-state index contributed by atoms with van der Waals surface area (Å²) >= 11 is 0. The van der Waals surface area contributed by atoms with Crippen LogP contribution in [0.2, 0.25) is 0 Å². The zero-order chi connectivity index (χ0) is 29.1. The van der Waals surface area contributed by atoms with Gasteiger partial charge >= 0.3 is 12.1 Å². The van der Waals surface area contributed by atoms with Crippen molar-refractivity contribution in [2.75, 3.05) is 13.2 Å². The quantitative estimate of drug-likeness (QED) is 0.188. The Morgan fingerprint density at radius 2 is 1.80 bits per heavy atom. The second-order valence-electron chi connectivity index (χ2n) is 14.7. The van der Waals surface area contributed by atoms with Crippen LogP contribution >= 0.6 is 0 Å². The van der Waals surface area contributed by atoms with Crippen LogP contribution in [0.15, 0.2) is 24.3 Å². The molecule has 0 spiro atoms. The summed E-state index contributed by atoms with van der Waals surface area (Å²) in [6, 6.07) is 0. The largest absolute Gasteiger partial charge is 0.508 e. The standard InChI is InChI=1S/C35H56O5/c1-8-20-38-32(36)25(5)22-39-33(37)40-27-16-18-34(6)26(21-27)12-13-28-30-15-14-29(24(4)11-9-10-23(2)3)35(30,7)19-17-31(28)34/h8,12,23-25,27-31H,1,9-11,13-22H2,2-7H3/t24-,25?,27?,28?,29-,30?,31?,34+,35-/m1/s1. The SMILES string of the molecule is C=CCOC(=O)C(C)COC(=O)OC1CC[C@@]2(C)C(=CCC3C2CC[C@@]2(C)C3CC[C@@H]2[C@H](C)CCCC(C)C)C1. The van der Waals surface area contributed by atoms with E-state index in [1.165, 1.54) is 63.0 Å². The van der Waals surface area contributed by atoms with Gasteiger partial charge in [0.25, 0.3) is 0 Å². The monoisotopic (exact) mass is 556 g/mol. The molecule has 0 radical (unpaired) electrons. The van der Waals surface area contributed by atoms with Crippen molar-refractivity contribution >= 4 is 12.1 Å². The van der Waals surface area contributed by atoms with Gasteiger partial charge in [-0.15, -0.1) is 0 Å². The molecule has 0 bridgehead atoms. The molecule has 0 N–H and O–H groups in total. The van der Waals surface area contributed by atoms with Crippen LogP contribution in [0.3, 0.4) is 0 Å². The molecule has 5 nitrogen and oxygen atoms in total. The maximum Gasteiger partial charge on any atom is 0.508 e.